The fraction of sp³-hybridized carbons (Fsp3) is 0.261. The van der Waals surface area contributed by atoms with E-state index >= 15 is 0 Å². The molecule has 0 radical (unpaired) electrons. The number of aromatic nitrogens is 1. The van der Waals surface area contributed by atoms with Gasteiger partial charge in [0.1, 0.15) is 5.69 Å². The third kappa shape index (κ3) is 5.29. The quantitative estimate of drug-likeness (QED) is 0.589. The summed E-state index contributed by atoms with van der Waals surface area (Å²) in [6, 6.07) is 18.6. The second-order valence-electron chi connectivity index (χ2n) is 7.56. The number of hydrogen-bond donors (Lipinski definition) is 3. The maximum Gasteiger partial charge on any atom is 0.321 e. The number of para-hydroxylation sites is 1. The van der Waals surface area contributed by atoms with Crippen molar-refractivity contribution >= 4 is 28.7 Å². The van der Waals surface area contributed by atoms with E-state index in [9.17, 15) is 14.4 Å². The molecule has 0 unspecified atom stereocenters. The van der Waals surface area contributed by atoms with E-state index in [-0.39, 0.29) is 18.4 Å². The lowest BCUT2D eigenvalue weighted by Gasteiger charge is -2.34. The molecule has 8 nitrogen and oxygen atoms in total. The van der Waals surface area contributed by atoms with Crippen molar-refractivity contribution in [1.82, 2.24) is 25.4 Å². The van der Waals surface area contributed by atoms with Gasteiger partial charge in [0.25, 0.3) is 5.91 Å². The Hall–Kier alpha value is -3.65. The molecular formula is C23H25N5O3. The van der Waals surface area contributed by atoms with Gasteiger partial charge in [-0.15, -0.1) is 0 Å². The summed E-state index contributed by atoms with van der Waals surface area (Å²) in [6.45, 7) is 2.68. The number of carbonyl (C=O) groups is 3. The van der Waals surface area contributed by atoms with Gasteiger partial charge in [-0.3, -0.25) is 19.8 Å². The number of hydrogen-bond acceptors (Lipinski definition) is 4. The Balaban J connectivity index is 1.21. The van der Waals surface area contributed by atoms with Gasteiger partial charge < -0.3 is 15.2 Å². The van der Waals surface area contributed by atoms with Crippen molar-refractivity contribution in [3.63, 3.8) is 0 Å². The van der Waals surface area contributed by atoms with Crippen LogP contribution in [0.1, 0.15) is 16.1 Å². The minimum Gasteiger partial charge on any atom is -0.351 e. The highest BCUT2D eigenvalue weighted by atomic mass is 16.2. The van der Waals surface area contributed by atoms with Crippen LogP contribution in [0.25, 0.3) is 10.9 Å². The predicted octanol–water partition coefficient (Wildman–Crippen LogP) is 1.95. The van der Waals surface area contributed by atoms with Crippen LogP contribution in [0, 0.1) is 0 Å². The van der Waals surface area contributed by atoms with Gasteiger partial charge in [0.05, 0.1) is 6.54 Å². The smallest absolute Gasteiger partial charge is 0.321 e. The maximum absolute atomic E-state index is 12.8. The van der Waals surface area contributed by atoms with Crippen molar-refractivity contribution in [2.45, 2.75) is 6.54 Å². The highest BCUT2D eigenvalue weighted by Gasteiger charge is 2.24. The third-order valence-corrected chi connectivity index (χ3v) is 5.34. The minimum atomic E-state index is -0.513. The molecule has 8 heteroatoms. The minimum absolute atomic E-state index is 0.0411. The van der Waals surface area contributed by atoms with Crippen LogP contribution in [0.15, 0.2) is 60.7 Å². The summed E-state index contributed by atoms with van der Waals surface area (Å²) < 4.78 is 0. The number of imide groups is 1. The first-order chi connectivity index (χ1) is 15.1. The fourth-order valence-electron chi connectivity index (χ4n) is 3.66. The molecule has 31 heavy (non-hydrogen) atoms. The van der Waals surface area contributed by atoms with Crippen molar-refractivity contribution in [1.29, 1.82) is 0 Å². The van der Waals surface area contributed by atoms with E-state index < -0.39 is 6.03 Å². The Morgan fingerprint density at radius 1 is 0.903 bits per heavy atom. The van der Waals surface area contributed by atoms with Gasteiger partial charge in [-0.25, -0.2) is 4.79 Å². The molecule has 3 aromatic rings. The highest BCUT2D eigenvalue weighted by molar-refractivity contribution is 5.98. The first kappa shape index (κ1) is 20.6. The number of nitrogens with one attached hydrogen (secondary N) is 3. The fourth-order valence-corrected chi connectivity index (χ4v) is 3.66. The van der Waals surface area contributed by atoms with Gasteiger partial charge in [0.15, 0.2) is 0 Å². The standard InChI is InChI=1S/C23H25N5O3/c29-21(26-23(31)24-15-17-6-2-1-3-7-17)16-27-10-12-28(13-11-27)22(30)20-14-18-8-4-5-9-19(18)25-20/h1-9,14,25H,10-13,15-16H2,(H2,24,26,29,31). The molecule has 0 atom stereocenters. The summed E-state index contributed by atoms with van der Waals surface area (Å²) in [4.78, 5) is 43.8. The predicted molar refractivity (Wildman–Crippen MR) is 117 cm³/mol. The molecule has 1 aliphatic heterocycles. The van der Waals surface area contributed by atoms with Crippen LogP contribution < -0.4 is 10.6 Å². The van der Waals surface area contributed by atoms with Crippen molar-refractivity contribution in [3.05, 3.63) is 71.9 Å². The van der Waals surface area contributed by atoms with Crippen LogP contribution in [-0.2, 0) is 11.3 Å². The van der Waals surface area contributed by atoms with Crippen molar-refractivity contribution in [3.8, 4) is 0 Å². The van der Waals surface area contributed by atoms with Crippen molar-refractivity contribution in [2.75, 3.05) is 32.7 Å². The highest BCUT2D eigenvalue weighted by Crippen LogP contribution is 2.16. The molecule has 1 aromatic heterocycles. The molecule has 0 saturated carbocycles. The number of urea groups is 1. The van der Waals surface area contributed by atoms with Crippen molar-refractivity contribution in [2.24, 2.45) is 0 Å². The molecule has 4 rings (SSSR count). The van der Waals surface area contributed by atoms with Crippen LogP contribution in [0.3, 0.4) is 0 Å². The normalized spacial score (nSPS) is 14.4. The third-order valence-electron chi connectivity index (χ3n) is 5.34. The van der Waals surface area contributed by atoms with Gasteiger partial charge >= 0.3 is 6.03 Å². The van der Waals surface area contributed by atoms with Gasteiger partial charge in [-0.05, 0) is 17.7 Å². The summed E-state index contributed by atoms with van der Waals surface area (Å²) in [6.07, 6.45) is 0. The van der Waals surface area contributed by atoms with Gasteiger partial charge in [-0.2, -0.15) is 0 Å². The Morgan fingerprint density at radius 2 is 1.61 bits per heavy atom. The molecular weight excluding hydrogens is 394 g/mol. The number of amides is 4. The molecule has 1 aliphatic rings. The van der Waals surface area contributed by atoms with E-state index in [1.54, 1.807) is 4.90 Å². The van der Waals surface area contributed by atoms with Gasteiger partial charge in [0.2, 0.25) is 5.91 Å². The average molecular weight is 419 g/mol. The largest absolute Gasteiger partial charge is 0.351 e. The average Bonchev–Trinajstić information content (AvgIpc) is 3.23. The second-order valence-corrected chi connectivity index (χ2v) is 7.56. The number of rotatable bonds is 5. The summed E-state index contributed by atoms with van der Waals surface area (Å²) in [7, 11) is 0. The molecule has 2 heterocycles. The maximum atomic E-state index is 12.8. The molecule has 0 aliphatic carbocycles. The topological polar surface area (TPSA) is 97.5 Å². The lowest BCUT2D eigenvalue weighted by Crippen LogP contribution is -2.52. The zero-order valence-corrected chi connectivity index (χ0v) is 17.1. The zero-order valence-electron chi connectivity index (χ0n) is 17.1. The van der Waals surface area contributed by atoms with Crippen LogP contribution in [-0.4, -0.2) is 65.4 Å². The summed E-state index contributed by atoms with van der Waals surface area (Å²) in [5.41, 5.74) is 2.47. The molecule has 0 bridgehead atoms. The number of piperazine rings is 1. The summed E-state index contributed by atoms with van der Waals surface area (Å²) in [5, 5.41) is 6.03. The van der Waals surface area contributed by atoms with Crippen LogP contribution in [0.2, 0.25) is 0 Å². The Kier molecular flexibility index (Phi) is 6.28. The molecule has 3 N–H and O–H groups in total. The van der Waals surface area contributed by atoms with E-state index in [1.807, 2.05) is 65.6 Å². The first-order valence-electron chi connectivity index (χ1n) is 10.3. The molecule has 0 spiro atoms. The second kappa shape index (κ2) is 9.44. The van der Waals surface area contributed by atoms with Gasteiger partial charge in [0, 0.05) is 43.6 Å². The first-order valence-corrected chi connectivity index (χ1v) is 10.3. The molecule has 160 valence electrons. The number of fused-ring (bicyclic) bond motifs is 1. The van der Waals surface area contributed by atoms with E-state index in [0.717, 1.165) is 16.5 Å². The summed E-state index contributed by atoms with van der Waals surface area (Å²) >= 11 is 0. The number of nitrogens with zero attached hydrogens (tertiary/aromatic N) is 2. The van der Waals surface area contributed by atoms with E-state index in [1.165, 1.54) is 0 Å². The number of aromatic amines is 1. The summed E-state index contributed by atoms with van der Waals surface area (Å²) in [5.74, 6) is -0.401. The van der Waals surface area contributed by atoms with E-state index in [0.29, 0.717) is 38.4 Å². The lowest BCUT2D eigenvalue weighted by atomic mass is 10.2. The van der Waals surface area contributed by atoms with Crippen molar-refractivity contribution < 1.29 is 14.4 Å². The Labute approximate surface area is 180 Å². The number of benzene rings is 2. The monoisotopic (exact) mass is 419 g/mol. The Bertz CT molecular complexity index is 1040. The number of carbonyl (C=O) groups excluding carboxylic acids is 3. The number of H-pyrrole nitrogens is 1. The molecule has 4 amide bonds. The zero-order chi connectivity index (χ0) is 21.6. The van der Waals surface area contributed by atoms with Gasteiger partial charge in [-0.1, -0.05) is 48.5 Å². The van der Waals surface area contributed by atoms with Crippen LogP contribution in [0.4, 0.5) is 4.79 Å². The van der Waals surface area contributed by atoms with E-state index in [4.69, 9.17) is 0 Å². The SMILES string of the molecule is O=C(CN1CCN(C(=O)c2cc3ccccc3[nH]2)CC1)NC(=O)NCc1ccccc1. The van der Waals surface area contributed by atoms with E-state index in [2.05, 4.69) is 15.6 Å². The molecule has 1 fully saturated rings. The molecule has 2 aromatic carbocycles. The Morgan fingerprint density at radius 3 is 2.35 bits per heavy atom. The lowest BCUT2D eigenvalue weighted by molar-refractivity contribution is -0.121. The molecule has 1 saturated heterocycles. The van der Waals surface area contributed by atoms with Crippen LogP contribution >= 0.6 is 0 Å². The van der Waals surface area contributed by atoms with Crippen LogP contribution in [0.5, 0.6) is 0 Å².